The van der Waals surface area contributed by atoms with Gasteiger partial charge < -0.3 is 18.7 Å². The number of furan rings is 1. The second kappa shape index (κ2) is 9.39. The molecule has 7 nitrogen and oxygen atoms in total. The van der Waals surface area contributed by atoms with Crippen LogP contribution in [-0.4, -0.2) is 22.0 Å². The Bertz CT molecular complexity index is 1500. The zero-order valence-corrected chi connectivity index (χ0v) is 18.9. The molecule has 0 aliphatic heterocycles. The molecule has 0 aliphatic carbocycles. The first-order valence-corrected chi connectivity index (χ1v) is 11.4. The van der Waals surface area contributed by atoms with Crippen LogP contribution >= 0.6 is 0 Å². The van der Waals surface area contributed by atoms with Gasteiger partial charge in [-0.1, -0.05) is 30.3 Å². The molecule has 34 heavy (non-hydrogen) atoms. The van der Waals surface area contributed by atoms with Crippen LogP contribution in [0.1, 0.15) is 24.0 Å². The first-order chi connectivity index (χ1) is 16.6. The molecule has 3 aromatic heterocycles. The molecule has 7 heteroatoms. The van der Waals surface area contributed by atoms with E-state index in [0.717, 1.165) is 40.4 Å². The van der Waals surface area contributed by atoms with Gasteiger partial charge >= 0.3 is 5.63 Å². The number of carbonyl (C=O) groups excluding carboxylic acids is 1. The topological polar surface area (TPSA) is 90.3 Å². The van der Waals surface area contributed by atoms with Crippen molar-refractivity contribution in [3.8, 4) is 11.1 Å². The molecule has 0 fully saturated rings. The molecule has 172 valence electrons. The van der Waals surface area contributed by atoms with Crippen LogP contribution < -0.4 is 10.9 Å². The fourth-order valence-electron chi connectivity index (χ4n) is 4.28. The quantitative estimate of drug-likeness (QED) is 0.267. The summed E-state index contributed by atoms with van der Waals surface area (Å²) in [6, 6.07) is 13.8. The Morgan fingerprint density at radius 1 is 1.12 bits per heavy atom. The van der Waals surface area contributed by atoms with Crippen LogP contribution in [0.5, 0.6) is 0 Å². The number of aromatic nitrogens is 2. The molecular weight excluding hydrogens is 430 g/mol. The molecule has 0 aliphatic rings. The maximum absolute atomic E-state index is 12.7. The number of carbonyl (C=O) groups is 1. The number of amides is 1. The van der Waals surface area contributed by atoms with Gasteiger partial charge in [0, 0.05) is 59.9 Å². The van der Waals surface area contributed by atoms with Crippen LogP contribution in [0, 0.1) is 6.92 Å². The van der Waals surface area contributed by atoms with Crippen molar-refractivity contribution in [2.24, 2.45) is 0 Å². The van der Waals surface area contributed by atoms with Gasteiger partial charge in [-0.2, -0.15) is 0 Å². The Balaban J connectivity index is 1.33. The van der Waals surface area contributed by atoms with E-state index < -0.39 is 5.63 Å². The lowest BCUT2D eigenvalue weighted by Crippen LogP contribution is -2.26. The van der Waals surface area contributed by atoms with Gasteiger partial charge in [0.25, 0.3) is 0 Å². The number of fused-ring (bicyclic) bond motifs is 2. The molecule has 0 atom stereocenters. The second-order valence-corrected chi connectivity index (χ2v) is 8.36. The van der Waals surface area contributed by atoms with Crippen molar-refractivity contribution in [3.05, 3.63) is 89.0 Å². The largest absolute Gasteiger partial charge is 0.464 e. The van der Waals surface area contributed by atoms with Gasteiger partial charge in [-0.25, -0.2) is 9.78 Å². The molecular formula is C27H25N3O4. The van der Waals surface area contributed by atoms with E-state index in [2.05, 4.69) is 10.3 Å². The average Bonchev–Trinajstić information content (AvgIpc) is 3.51. The van der Waals surface area contributed by atoms with Crippen molar-refractivity contribution in [3.63, 3.8) is 0 Å². The Labute approximate surface area is 196 Å². The molecule has 0 unspecified atom stereocenters. The number of rotatable bonds is 8. The van der Waals surface area contributed by atoms with Gasteiger partial charge in [0.2, 0.25) is 5.91 Å². The average molecular weight is 456 g/mol. The Morgan fingerprint density at radius 3 is 2.76 bits per heavy atom. The van der Waals surface area contributed by atoms with E-state index in [1.54, 1.807) is 24.9 Å². The summed E-state index contributed by atoms with van der Waals surface area (Å²) in [5, 5.41) is 4.72. The van der Waals surface area contributed by atoms with Crippen molar-refractivity contribution >= 4 is 27.8 Å². The second-order valence-electron chi connectivity index (χ2n) is 8.36. The third kappa shape index (κ3) is 4.37. The zero-order valence-electron chi connectivity index (χ0n) is 18.9. The molecule has 5 aromatic rings. The minimum atomic E-state index is -0.410. The molecule has 0 radical (unpaired) electrons. The molecule has 2 aromatic carbocycles. The molecule has 1 N–H and O–H groups in total. The van der Waals surface area contributed by atoms with E-state index in [4.69, 9.17) is 8.83 Å². The van der Waals surface area contributed by atoms with Crippen LogP contribution in [0.3, 0.4) is 0 Å². The summed E-state index contributed by atoms with van der Waals surface area (Å²) in [5.74, 6) is -0.0822. The molecule has 0 bridgehead atoms. The van der Waals surface area contributed by atoms with Crippen molar-refractivity contribution in [2.75, 3.05) is 6.54 Å². The van der Waals surface area contributed by atoms with Gasteiger partial charge in [-0.3, -0.25) is 4.79 Å². The van der Waals surface area contributed by atoms with Gasteiger partial charge in [0.05, 0.1) is 12.6 Å². The van der Waals surface area contributed by atoms with Crippen LogP contribution in [0.4, 0.5) is 0 Å². The minimum Gasteiger partial charge on any atom is -0.464 e. The summed E-state index contributed by atoms with van der Waals surface area (Å²) in [7, 11) is 0. The van der Waals surface area contributed by atoms with E-state index in [1.165, 1.54) is 0 Å². The molecule has 1 amide bonds. The maximum atomic E-state index is 12.7. The lowest BCUT2D eigenvalue weighted by molar-refractivity contribution is -0.121. The smallest absolute Gasteiger partial charge is 0.339 e. The predicted molar refractivity (Wildman–Crippen MR) is 131 cm³/mol. The van der Waals surface area contributed by atoms with E-state index in [-0.39, 0.29) is 12.3 Å². The summed E-state index contributed by atoms with van der Waals surface area (Å²) < 4.78 is 13.3. The highest BCUT2D eigenvalue weighted by molar-refractivity contribution is 6.02. The van der Waals surface area contributed by atoms with Crippen molar-refractivity contribution in [1.82, 2.24) is 14.9 Å². The molecule has 0 spiro atoms. The Morgan fingerprint density at radius 2 is 1.97 bits per heavy atom. The SMILES string of the molecule is Cc1c(CCC(=O)NCCCn2ccnc2)c(=O)oc2cc3occ(-c4ccccc4)c3cc12. The van der Waals surface area contributed by atoms with Gasteiger partial charge in [0.15, 0.2) is 0 Å². The standard InChI is InChI=1S/C27H25N3O4/c1-18-20(8-9-26(31)29-10-5-12-30-13-11-28-17-30)27(32)34-25-15-24-22(14-21(18)25)23(16-33-24)19-6-3-2-4-7-19/h2-4,6-7,11,13-17H,5,8-10,12H2,1H3,(H,29,31). The number of nitrogens with zero attached hydrogens (tertiary/aromatic N) is 2. The van der Waals surface area contributed by atoms with Crippen LogP contribution in [0.25, 0.3) is 33.1 Å². The zero-order chi connectivity index (χ0) is 23.5. The first-order valence-electron chi connectivity index (χ1n) is 11.4. The minimum absolute atomic E-state index is 0.0822. The number of aryl methyl sites for hydroxylation is 2. The fraction of sp³-hybridized carbons (Fsp3) is 0.222. The van der Waals surface area contributed by atoms with Crippen LogP contribution in [0.15, 0.2) is 81.1 Å². The number of hydrogen-bond acceptors (Lipinski definition) is 5. The normalized spacial score (nSPS) is 11.3. The van der Waals surface area contributed by atoms with E-state index in [0.29, 0.717) is 29.7 Å². The van der Waals surface area contributed by atoms with E-state index in [9.17, 15) is 9.59 Å². The lowest BCUT2D eigenvalue weighted by atomic mass is 9.99. The Hall–Kier alpha value is -4.13. The van der Waals surface area contributed by atoms with Gasteiger partial charge in [0.1, 0.15) is 11.2 Å². The lowest BCUT2D eigenvalue weighted by Gasteiger charge is -2.09. The molecule has 5 rings (SSSR count). The Kier molecular flexibility index (Phi) is 5.99. The highest BCUT2D eigenvalue weighted by atomic mass is 16.4. The van der Waals surface area contributed by atoms with Crippen molar-refractivity contribution in [2.45, 2.75) is 32.7 Å². The molecule has 0 saturated carbocycles. The van der Waals surface area contributed by atoms with Crippen molar-refractivity contribution in [1.29, 1.82) is 0 Å². The predicted octanol–water partition coefficient (Wildman–Crippen LogP) is 4.85. The van der Waals surface area contributed by atoms with Crippen LogP contribution in [-0.2, 0) is 17.8 Å². The fourth-order valence-corrected chi connectivity index (χ4v) is 4.28. The summed E-state index contributed by atoms with van der Waals surface area (Å²) in [5.41, 5.74) is 4.15. The number of imidazole rings is 1. The summed E-state index contributed by atoms with van der Waals surface area (Å²) in [6.45, 7) is 3.27. The molecule has 0 saturated heterocycles. The number of benzene rings is 2. The highest BCUT2D eigenvalue weighted by Crippen LogP contribution is 2.34. The molecule has 3 heterocycles. The first kappa shape index (κ1) is 21.7. The monoisotopic (exact) mass is 455 g/mol. The third-order valence-corrected chi connectivity index (χ3v) is 6.14. The van der Waals surface area contributed by atoms with E-state index in [1.807, 2.05) is 54.1 Å². The number of hydrogen-bond donors (Lipinski definition) is 1. The third-order valence-electron chi connectivity index (χ3n) is 6.14. The summed E-state index contributed by atoms with van der Waals surface area (Å²) in [6.07, 6.45) is 8.47. The van der Waals surface area contributed by atoms with E-state index >= 15 is 0 Å². The van der Waals surface area contributed by atoms with Gasteiger partial charge in [-0.15, -0.1) is 0 Å². The summed E-state index contributed by atoms with van der Waals surface area (Å²) >= 11 is 0. The highest BCUT2D eigenvalue weighted by Gasteiger charge is 2.16. The number of nitrogens with one attached hydrogen (secondary N) is 1. The van der Waals surface area contributed by atoms with Crippen molar-refractivity contribution < 1.29 is 13.6 Å². The summed E-state index contributed by atoms with van der Waals surface area (Å²) in [4.78, 5) is 29.0. The van der Waals surface area contributed by atoms with Crippen LogP contribution in [0.2, 0.25) is 0 Å². The van der Waals surface area contributed by atoms with Gasteiger partial charge in [-0.05, 0) is 37.0 Å². The maximum Gasteiger partial charge on any atom is 0.339 e.